The van der Waals surface area contributed by atoms with Crippen molar-refractivity contribution in [3.05, 3.63) is 40.7 Å². The number of carbonyl (C=O) groups excluding carboxylic acids is 1. The molecular formula is C13H14N2O3. The molecule has 0 radical (unpaired) electrons. The summed E-state index contributed by atoms with van der Waals surface area (Å²) >= 11 is 0. The average Bonchev–Trinajstić information content (AvgIpc) is 2.35. The van der Waals surface area contributed by atoms with Gasteiger partial charge in [0.1, 0.15) is 5.75 Å². The van der Waals surface area contributed by atoms with E-state index in [2.05, 4.69) is 4.98 Å². The average molecular weight is 246 g/mol. The molecule has 2 rings (SSSR count). The SMILES string of the molecule is CN(C)C(=O)COc1cccc2ccc(=O)[nH]c12. The van der Waals surface area contributed by atoms with Crippen LogP contribution in [0.3, 0.4) is 0 Å². The summed E-state index contributed by atoms with van der Waals surface area (Å²) in [5, 5.41) is 0.865. The number of hydrogen-bond acceptors (Lipinski definition) is 3. The van der Waals surface area contributed by atoms with Gasteiger partial charge in [0.25, 0.3) is 5.91 Å². The van der Waals surface area contributed by atoms with Gasteiger partial charge in [-0.25, -0.2) is 0 Å². The molecule has 2 aromatic rings. The molecule has 1 N–H and O–H groups in total. The lowest BCUT2D eigenvalue weighted by atomic mass is 10.2. The van der Waals surface area contributed by atoms with E-state index in [0.29, 0.717) is 11.3 Å². The van der Waals surface area contributed by atoms with E-state index < -0.39 is 0 Å². The van der Waals surface area contributed by atoms with Crippen LogP contribution in [0.2, 0.25) is 0 Å². The van der Waals surface area contributed by atoms with Crippen LogP contribution in [0.1, 0.15) is 0 Å². The van der Waals surface area contributed by atoms with Crippen LogP contribution in [0, 0.1) is 0 Å². The maximum Gasteiger partial charge on any atom is 0.259 e. The third-order valence-electron chi connectivity index (χ3n) is 2.57. The van der Waals surface area contributed by atoms with Crippen molar-refractivity contribution in [1.82, 2.24) is 9.88 Å². The van der Waals surface area contributed by atoms with Crippen molar-refractivity contribution < 1.29 is 9.53 Å². The number of fused-ring (bicyclic) bond motifs is 1. The normalized spacial score (nSPS) is 10.3. The molecular weight excluding hydrogens is 232 g/mol. The number of nitrogens with one attached hydrogen (secondary N) is 1. The minimum absolute atomic E-state index is 0.0525. The molecule has 0 unspecified atom stereocenters. The van der Waals surface area contributed by atoms with Gasteiger partial charge in [-0.05, 0) is 12.1 Å². The second kappa shape index (κ2) is 4.91. The molecule has 1 aromatic heterocycles. The molecule has 0 aliphatic carbocycles. The van der Waals surface area contributed by atoms with Crippen LogP contribution in [-0.2, 0) is 4.79 Å². The van der Waals surface area contributed by atoms with E-state index in [-0.39, 0.29) is 18.1 Å². The number of H-pyrrole nitrogens is 1. The molecule has 5 heteroatoms. The van der Waals surface area contributed by atoms with Crippen LogP contribution >= 0.6 is 0 Å². The number of likely N-dealkylation sites (N-methyl/N-ethyl adjacent to an activating group) is 1. The lowest BCUT2D eigenvalue weighted by Crippen LogP contribution is -2.27. The van der Waals surface area contributed by atoms with E-state index in [1.807, 2.05) is 12.1 Å². The van der Waals surface area contributed by atoms with E-state index in [0.717, 1.165) is 5.39 Å². The van der Waals surface area contributed by atoms with Gasteiger partial charge < -0.3 is 14.6 Å². The summed E-state index contributed by atoms with van der Waals surface area (Å²) in [7, 11) is 3.33. The summed E-state index contributed by atoms with van der Waals surface area (Å²) in [6.07, 6.45) is 0. The minimum atomic E-state index is -0.197. The number of pyridine rings is 1. The summed E-state index contributed by atoms with van der Waals surface area (Å²) in [5.74, 6) is 0.366. The molecule has 5 nitrogen and oxygen atoms in total. The number of aromatic amines is 1. The van der Waals surface area contributed by atoms with Crippen LogP contribution in [0.25, 0.3) is 10.9 Å². The Morgan fingerprint density at radius 3 is 2.78 bits per heavy atom. The van der Waals surface area contributed by atoms with Gasteiger partial charge in [-0.15, -0.1) is 0 Å². The van der Waals surface area contributed by atoms with Gasteiger partial charge in [0.05, 0.1) is 5.52 Å². The van der Waals surface area contributed by atoms with Gasteiger partial charge in [0.15, 0.2) is 6.61 Å². The number of benzene rings is 1. The number of aromatic nitrogens is 1. The molecule has 0 aliphatic rings. The van der Waals surface area contributed by atoms with Gasteiger partial charge in [-0.2, -0.15) is 0 Å². The number of carbonyl (C=O) groups is 1. The predicted octanol–water partition coefficient (Wildman–Crippen LogP) is 0.995. The van der Waals surface area contributed by atoms with E-state index in [1.54, 1.807) is 26.2 Å². The molecule has 1 aromatic carbocycles. The maximum absolute atomic E-state index is 11.4. The van der Waals surface area contributed by atoms with E-state index >= 15 is 0 Å². The van der Waals surface area contributed by atoms with Gasteiger partial charge in [0.2, 0.25) is 5.56 Å². The molecule has 0 bridgehead atoms. The molecule has 18 heavy (non-hydrogen) atoms. The Morgan fingerprint density at radius 2 is 2.06 bits per heavy atom. The molecule has 0 fully saturated rings. The molecule has 94 valence electrons. The fourth-order valence-corrected chi connectivity index (χ4v) is 1.54. The smallest absolute Gasteiger partial charge is 0.259 e. The zero-order valence-corrected chi connectivity index (χ0v) is 10.3. The highest BCUT2D eigenvalue weighted by Crippen LogP contribution is 2.21. The van der Waals surface area contributed by atoms with Gasteiger partial charge in [-0.3, -0.25) is 9.59 Å². The highest BCUT2D eigenvalue weighted by molar-refractivity contribution is 5.85. The third-order valence-corrected chi connectivity index (χ3v) is 2.57. The molecule has 0 atom stereocenters. The van der Waals surface area contributed by atoms with Crippen molar-refractivity contribution in [3.63, 3.8) is 0 Å². The number of ether oxygens (including phenoxy) is 1. The second-order valence-electron chi connectivity index (χ2n) is 4.12. The number of rotatable bonds is 3. The first kappa shape index (κ1) is 12.2. The summed E-state index contributed by atoms with van der Waals surface area (Å²) in [6.45, 7) is -0.0525. The first-order valence-corrected chi connectivity index (χ1v) is 5.53. The first-order chi connectivity index (χ1) is 8.58. The Morgan fingerprint density at radius 1 is 1.28 bits per heavy atom. The number of hydrogen-bond donors (Lipinski definition) is 1. The molecule has 0 spiro atoms. The highest BCUT2D eigenvalue weighted by atomic mass is 16.5. The Kier molecular flexibility index (Phi) is 3.32. The van der Waals surface area contributed by atoms with Crippen molar-refractivity contribution >= 4 is 16.8 Å². The molecule has 1 heterocycles. The summed E-state index contributed by atoms with van der Waals surface area (Å²) < 4.78 is 5.44. The quantitative estimate of drug-likeness (QED) is 0.878. The Bertz CT molecular complexity index is 631. The summed E-state index contributed by atoms with van der Waals surface area (Å²) in [4.78, 5) is 26.9. The van der Waals surface area contributed by atoms with Crippen molar-refractivity contribution in [2.45, 2.75) is 0 Å². The van der Waals surface area contributed by atoms with Crippen molar-refractivity contribution in [1.29, 1.82) is 0 Å². The lowest BCUT2D eigenvalue weighted by Gasteiger charge is -2.12. The largest absolute Gasteiger partial charge is 0.482 e. The van der Waals surface area contributed by atoms with Gasteiger partial charge >= 0.3 is 0 Å². The van der Waals surface area contributed by atoms with Crippen LogP contribution in [0.5, 0.6) is 5.75 Å². The highest BCUT2D eigenvalue weighted by Gasteiger charge is 2.07. The zero-order chi connectivity index (χ0) is 13.1. The molecule has 0 aliphatic heterocycles. The monoisotopic (exact) mass is 246 g/mol. The van der Waals surface area contributed by atoms with E-state index in [9.17, 15) is 9.59 Å². The number of nitrogens with zero attached hydrogens (tertiary/aromatic N) is 1. The number of para-hydroxylation sites is 1. The van der Waals surface area contributed by atoms with Crippen molar-refractivity contribution in [2.24, 2.45) is 0 Å². The van der Waals surface area contributed by atoms with Crippen molar-refractivity contribution in [2.75, 3.05) is 20.7 Å². The topological polar surface area (TPSA) is 62.4 Å². The Hall–Kier alpha value is -2.30. The first-order valence-electron chi connectivity index (χ1n) is 5.53. The van der Waals surface area contributed by atoms with Gasteiger partial charge in [0, 0.05) is 25.5 Å². The van der Waals surface area contributed by atoms with Crippen LogP contribution in [-0.4, -0.2) is 36.5 Å². The third kappa shape index (κ3) is 2.51. The second-order valence-corrected chi connectivity index (χ2v) is 4.12. The summed E-state index contributed by atoms with van der Waals surface area (Å²) in [5.41, 5.74) is 0.411. The van der Waals surface area contributed by atoms with Crippen LogP contribution in [0.4, 0.5) is 0 Å². The number of amides is 1. The van der Waals surface area contributed by atoms with E-state index in [1.165, 1.54) is 11.0 Å². The molecule has 1 amide bonds. The van der Waals surface area contributed by atoms with Crippen LogP contribution < -0.4 is 10.3 Å². The van der Waals surface area contributed by atoms with Crippen LogP contribution in [0.15, 0.2) is 35.1 Å². The standard InChI is InChI=1S/C13H14N2O3/c1-15(2)12(17)8-18-10-5-3-4-9-6-7-11(16)14-13(9)10/h3-7H,8H2,1-2H3,(H,14,16). The predicted molar refractivity (Wildman–Crippen MR) is 68.8 cm³/mol. The van der Waals surface area contributed by atoms with Gasteiger partial charge in [-0.1, -0.05) is 12.1 Å². The molecule has 0 saturated carbocycles. The minimum Gasteiger partial charge on any atom is -0.482 e. The Balaban J connectivity index is 2.30. The van der Waals surface area contributed by atoms with E-state index in [4.69, 9.17) is 4.74 Å². The fourth-order valence-electron chi connectivity index (χ4n) is 1.54. The van der Waals surface area contributed by atoms with Crippen molar-refractivity contribution in [3.8, 4) is 5.75 Å². The molecule has 0 saturated heterocycles. The summed E-state index contributed by atoms with van der Waals surface area (Å²) in [6, 6.07) is 8.58. The Labute approximate surface area is 104 Å². The maximum atomic E-state index is 11.4. The fraction of sp³-hybridized carbons (Fsp3) is 0.231. The zero-order valence-electron chi connectivity index (χ0n) is 10.3. The lowest BCUT2D eigenvalue weighted by molar-refractivity contribution is -0.130.